The largest absolute Gasteiger partial charge is 0.439 e. The average molecular weight is 438 g/mol. The number of nitrogens with zero attached hydrogens (tertiary/aromatic N) is 6. The van der Waals surface area contributed by atoms with Crippen molar-refractivity contribution in [3.63, 3.8) is 0 Å². The van der Waals surface area contributed by atoms with E-state index in [1.54, 1.807) is 31.0 Å². The summed E-state index contributed by atoms with van der Waals surface area (Å²) in [5, 5.41) is 4.11. The average Bonchev–Trinajstić information content (AvgIpc) is 3.52. The van der Waals surface area contributed by atoms with Crippen LogP contribution in [0.3, 0.4) is 0 Å². The molecule has 0 bridgehead atoms. The van der Waals surface area contributed by atoms with Crippen molar-refractivity contribution < 1.29 is 9.26 Å². The molecule has 0 saturated heterocycles. The smallest absolute Gasteiger partial charge is 0.259 e. The van der Waals surface area contributed by atoms with E-state index in [9.17, 15) is 0 Å². The highest BCUT2D eigenvalue weighted by Gasteiger charge is 2.13. The lowest BCUT2D eigenvalue weighted by atomic mass is 9.98. The number of aryl methyl sites for hydroxylation is 1. The lowest BCUT2D eigenvalue weighted by Crippen LogP contribution is -1.94. The van der Waals surface area contributed by atoms with Crippen molar-refractivity contribution in [3.05, 3.63) is 84.7 Å². The van der Waals surface area contributed by atoms with Gasteiger partial charge in [0.15, 0.2) is 0 Å². The van der Waals surface area contributed by atoms with Crippen LogP contribution in [0.15, 0.2) is 78.1 Å². The highest BCUT2D eigenvalue weighted by molar-refractivity contribution is 5.60. The molecule has 0 amide bonds. The van der Waals surface area contributed by atoms with E-state index in [0.717, 1.165) is 17.1 Å². The molecule has 8 nitrogen and oxygen atoms in total. The highest BCUT2D eigenvalue weighted by Crippen LogP contribution is 2.28. The summed E-state index contributed by atoms with van der Waals surface area (Å²) in [4.78, 5) is 17.3. The minimum atomic E-state index is 0.377. The van der Waals surface area contributed by atoms with E-state index in [2.05, 4.69) is 51.9 Å². The van der Waals surface area contributed by atoms with Crippen LogP contribution in [-0.4, -0.2) is 29.7 Å². The van der Waals surface area contributed by atoms with E-state index >= 15 is 0 Å². The van der Waals surface area contributed by atoms with Crippen molar-refractivity contribution in [1.82, 2.24) is 29.7 Å². The summed E-state index contributed by atoms with van der Waals surface area (Å²) in [6.45, 7) is 6.45. The molecule has 5 aromatic rings. The molecule has 0 atom stereocenters. The second-order valence-electron chi connectivity index (χ2n) is 7.96. The summed E-state index contributed by atoms with van der Waals surface area (Å²) >= 11 is 0. The lowest BCUT2D eigenvalue weighted by Gasteiger charge is -2.11. The molecule has 4 aromatic heterocycles. The first-order valence-electron chi connectivity index (χ1n) is 10.6. The van der Waals surface area contributed by atoms with Crippen molar-refractivity contribution in [3.8, 4) is 40.3 Å². The van der Waals surface area contributed by atoms with Gasteiger partial charge < -0.3 is 9.26 Å². The Morgan fingerprint density at radius 2 is 1.88 bits per heavy atom. The predicted molar refractivity (Wildman–Crippen MR) is 123 cm³/mol. The molecule has 4 heterocycles. The third-order valence-corrected chi connectivity index (χ3v) is 5.27. The van der Waals surface area contributed by atoms with Crippen LogP contribution in [0.4, 0.5) is 0 Å². The van der Waals surface area contributed by atoms with Gasteiger partial charge in [0, 0.05) is 36.4 Å². The fraction of sp³-hybridized carbons (Fsp3) is 0.160. The minimum absolute atomic E-state index is 0.377. The summed E-state index contributed by atoms with van der Waals surface area (Å²) in [6.07, 6.45) is 8.56. The maximum atomic E-state index is 5.92. The Balaban J connectivity index is 1.33. The molecule has 8 heteroatoms. The Hall–Kier alpha value is -4.33. The first-order valence-corrected chi connectivity index (χ1v) is 10.6. The van der Waals surface area contributed by atoms with Crippen LogP contribution in [0.2, 0.25) is 0 Å². The fourth-order valence-corrected chi connectivity index (χ4v) is 3.60. The Kier molecular flexibility index (Phi) is 5.40. The van der Waals surface area contributed by atoms with Crippen LogP contribution in [-0.2, 0) is 0 Å². The maximum Gasteiger partial charge on any atom is 0.259 e. The van der Waals surface area contributed by atoms with Crippen molar-refractivity contribution in [1.29, 1.82) is 0 Å². The van der Waals surface area contributed by atoms with E-state index in [-0.39, 0.29) is 0 Å². The molecule has 0 aliphatic carbocycles. The van der Waals surface area contributed by atoms with Crippen molar-refractivity contribution >= 4 is 0 Å². The van der Waals surface area contributed by atoms with E-state index in [1.165, 1.54) is 11.1 Å². The van der Waals surface area contributed by atoms with Gasteiger partial charge in [-0.15, -0.1) is 0 Å². The van der Waals surface area contributed by atoms with Crippen LogP contribution >= 0.6 is 0 Å². The van der Waals surface area contributed by atoms with E-state index < -0.39 is 0 Å². The summed E-state index contributed by atoms with van der Waals surface area (Å²) in [7, 11) is 0. The minimum Gasteiger partial charge on any atom is -0.439 e. The van der Waals surface area contributed by atoms with Gasteiger partial charge in [0.25, 0.3) is 5.89 Å². The molecule has 33 heavy (non-hydrogen) atoms. The Bertz CT molecular complexity index is 1370. The van der Waals surface area contributed by atoms with Gasteiger partial charge in [0.2, 0.25) is 11.7 Å². The van der Waals surface area contributed by atoms with Gasteiger partial charge >= 0.3 is 0 Å². The zero-order valence-corrected chi connectivity index (χ0v) is 18.5. The highest BCUT2D eigenvalue weighted by atomic mass is 16.5. The van der Waals surface area contributed by atoms with Crippen LogP contribution in [0, 0.1) is 6.92 Å². The summed E-state index contributed by atoms with van der Waals surface area (Å²) in [6, 6.07) is 13.4. The number of pyridine rings is 2. The van der Waals surface area contributed by atoms with Gasteiger partial charge in [-0.3, -0.25) is 4.57 Å². The first kappa shape index (κ1) is 20.6. The number of ether oxygens (including phenoxy) is 1. The summed E-state index contributed by atoms with van der Waals surface area (Å²) in [5.41, 5.74) is 4.00. The predicted octanol–water partition coefficient (Wildman–Crippen LogP) is 5.60. The van der Waals surface area contributed by atoms with Crippen molar-refractivity contribution in [2.45, 2.75) is 26.7 Å². The zero-order chi connectivity index (χ0) is 22.8. The quantitative estimate of drug-likeness (QED) is 0.340. The summed E-state index contributed by atoms with van der Waals surface area (Å²) < 4.78 is 13.2. The Labute approximate surface area is 190 Å². The number of aromatic nitrogens is 6. The second kappa shape index (κ2) is 8.66. The van der Waals surface area contributed by atoms with E-state index in [0.29, 0.717) is 29.1 Å². The molecule has 0 saturated carbocycles. The first-order chi connectivity index (χ1) is 16.1. The van der Waals surface area contributed by atoms with Gasteiger partial charge in [-0.1, -0.05) is 25.1 Å². The normalized spacial score (nSPS) is 11.2. The van der Waals surface area contributed by atoms with Gasteiger partial charge in [-0.05, 0) is 54.3 Å². The van der Waals surface area contributed by atoms with Gasteiger partial charge in [0.05, 0.1) is 5.56 Å². The number of hydrogen-bond donors (Lipinski definition) is 0. The maximum absolute atomic E-state index is 5.92. The van der Waals surface area contributed by atoms with Gasteiger partial charge in [-0.2, -0.15) is 4.98 Å². The topological polar surface area (TPSA) is 91.8 Å². The SMILES string of the molecule is Cc1cc(Oc2ccc(-c3nc(-c4ccnc(-n5ccnc5)c4)no3)cn2)ccc1C(C)C. The number of benzene rings is 1. The molecule has 0 N–H and O–H groups in total. The molecule has 0 aliphatic rings. The molecule has 164 valence electrons. The standard InChI is InChI=1S/C25H22N6O2/c1-16(2)21-6-5-20(12-17(21)3)32-23-7-4-19(14-28-23)25-29-24(30-33-25)18-8-9-27-22(13-18)31-11-10-26-15-31/h4-16H,1-3H3. The van der Waals surface area contributed by atoms with Crippen LogP contribution < -0.4 is 4.74 Å². The lowest BCUT2D eigenvalue weighted by molar-refractivity contribution is 0.431. The fourth-order valence-electron chi connectivity index (χ4n) is 3.60. The number of imidazole rings is 1. The van der Waals surface area contributed by atoms with Gasteiger partial charge in [0.1, 0.15) is 17.9 Å². The third kappa shape index (κ3) is 4.36. The van der Waals surface area contributed by atoms with Crippen molar-refractivity contribution in [2.75, 3.05) is 0 Å². The van der Waals surface area contributed by atoms with Crippen LogP contribution in [0.5, 0.6) is 11.6 Å². The number of hydrogen-bond acceptors (Lipinski definition) is 7. The molecule has 0 radical (unpaired) electrons. The molecule has 5 rings (SSSR count). The van der Waals surface area contributed by atoms with Gasteiger partial charge in [-0.25, -0.2) is 15.0 Å². The Morgan fingerprint density at radius 1 is 0.970 bits per heavy atom. The molecule has 0 unspecified atom stereocenters. The monoisotopic (exact) mass is 438 g/mol. The van der Waals surface area contributed by atoms with E-state index in [4.69, 9.17) is 9.26 Å². The molecule has 0 spiro atoms. The molecule has 0 fully saturated rings. The van der Waals surface area contributed by atoms with Crippen molar-refractivity contribution in [2.24, 2.45) is 0 Å². The molecular formula is C25H22N6O2. The third-order valence-electron chi connectivity index (χ3n) is 5.27. The zero-order valence-electron chi connectivity index (χ0n) is 18.5. The second-order valence-corrected chi connectivity index (χ2v) is 7.96. The summed E-state index contributed by atoms with van der Waals surface area (Å²) in [5.74, 6) is 3.28. The molecule has 0 aliphatic heterocycles. The van der Waals surface area contributed by atoms with Crippen LogP contribution in [0.1, 0.15) is 30.9 Å². The number of rotatable bonds is 6. The molecular weight excluding hydrogens is 416 g/mol. The Morgan fingerprint density at radius 3 is 2.61 bits per heavy atom. The molecule has 1 aromatic carbocycles. The van der Waals surface area contributed by atoms with E-state index in [1.807, 2.05) is 41.1 Å². The van der Waals surface area contributed by atoms with Crippen LogP contribution in [0.25, 0.3) is 28.7 Å².